The molecule has 2 aromatic carbocycles. The van der Waals surface area contributed by atoms with Gasteiger partial charge in [-0.15, -0.1) is 0 Å². The highest BCUT2D eigenvalue weighted by Crippen LogP contribution is 2.51. The third kappa shape index (κ3) is 3.97. The summed E-state index contributed by atoms with van der Waals surface area (Å²) in [6, 6.07) is 12.8. The minimum atomic E-state index is -4.39. The molecule has 1 atom stereocenters. The molecule has 0 saturated heterocycles. The molecule has 0 spiro atoms. The number of hydrogen-bond acceptors (Lipinski definition) is 4. The maximum absolute atomic E-state index is 11.9. The van der Waals surface area contributed by atoms with Gasteiger partial charge in [0, 0.05) is 6.54 Å². The maximum Gasteiger partial charge on any atom is 0.346 e. The predicted molar refractivity (Wildman–Crippen MR) is 90.2 cm³/mol. The normalized spacial score (nSPS) is 15.1. The van der Waals surface area contributed by atoms with Crippen LogP contribution in [0.25, 0.3) is 0 Å². The molecule has 3 rings (SSSR count). The fourth-order valence-corrected chi connectivity index (χ4v) is 3.46. The first-order valence-electron chi connectivity index (χ1n) is 7.67. The molecule has 0 saturated carbocycles. The molecule has 1 heterocycles. The van der Waals surface area contributed by atoms with E-state index in [2.05, 4.69) is 5.32 Å². The van der Waals surface area contributed by atoms with Gasteiger partial charge in [0.15, 0.2) is 11.5 Å². The lowest BCUT2D eigenvalue weighted by atomic mass is 10.1. The third-order valence-corrected chi connectivity index (χ3v) is 4.99. The maximum atomic E-state index is 11.9. The lowest BCUT2D eigenvalue weighted by Crippen LogP contribution is -2.22. The van der Waals surface area contributed by atoms with Crippen LogP contribution in [0.2, 0.25) is 0 Å². The second kappa shape index (κ2) is 6.95. The quantitative estimate of drug-likeness (QED) is 0.720. The molecule has 0 aliphatic carbocycles. The summed E-state index contributed by atoms with van der Waals surface area (Å²) in [7, 11) is -4.39. The minimum Gasteiger partial charge on any atom is -0.486 e. The fourth-order valence-electron chi connectivity index (χ4n) is 2.58. The van der Waals surface area contributed by atoms with Gasteiger partial charge in [-0.3, -0.25) is 9.88 Å². The van der Waals surface area contributed by atoms with Gasteiger partial charge in [-0.1, -0.05) is 35.9 Å². The fraction of sp³-hybridized carbons (Fsp3) is 0.294. The summed E-state index contributed by atoms with van der Waals surface area (Å²) in [5, 5.41) is 2.96. The van der Waals surface area contributed by atoms with Gasteiger partial charge in [-0.05, 0) is 30.2 Å². The molecule has 2 aromatic rings. The lowest BCUT2D eigenvalue weighted by Gasteiger charge is -2.23. The Hall–Kier alpha value is -1.85. The van der Waals surface area contributed by atoms with Crippen molar-refractivity contribution >= 4 is 7.60 Å². The van der Waals surface area contributed by atoms with Crippen molar-refractivity contribution in [1.82, 2.24) is 5.32 Å². The Bertz CT molecular complexity index is 756. The molecule has 128 valence electrons. The molecule has 0 radical (unpaired) electrons. The largest absolute Gasteiger partial charge is 0.486 e. The molecule has 24 heavy (non-hydrogen) atoms. The summed E-state index contributed by atoms with van der Waals surface area (Å²) in [6.07, 6.45) is 0. The highest BCUT2D eigenvalue weighted by Gasteiger charge is 2.31. The number of aryl methyl sites for hydroxylation is 1. The number of benzene rings is 2. The standard InChI is InChI=1S/C17H20NO5P/c1-12-2-4-13(5-3-12)11-18-17(24(19,20)21)14-6-7-15-16(10-14)23-9-8-22-15/h2-7,10,17-18H,8-9,11H2,1H3,(H2,19,20,21)/t17-/m0/s1. The summed E-state index contributed by atoms with van der Waals surface area (Å²) in [6.45, 7) is 3.24. The molecule has 0 aromatic heterocycles. The minimum absolute atomic E-state index is 0.352. The Labute approximate surface area is 140 Å². The van der Waals surface area contributed by atoms with Crippen LogP contribution in [0.5, 0.6) is 11.5 Å². The average Bonchev–Trinajstić information content (AvgIpc) is 2.55. The van der Waals surface area contributed by atoms with Crippen molar-refractivity contribution in [3.63, 3.8) is 0 Å². The molecular formula is C17H20NO5P. The highest BCUT2D eigenvalue weighted by molar-refractivity contribution is 7.52. The van der Waals surface area contributed by atoms with Crippen LogP contribution in [0.15, 0.2) is 42.5 Å². The van der Waals surface area contributed by atoms with Crippen LogP contribution in [-0.2, 0) is 11.1 Å². The zero-order valence-electron chi connectivity index (χ0n) is 13.3. The van der Waals surface area contributed by atoms with E-state index < -0.39 is 13.4 Å². The van der Waals surface area contributed by atoms with Crippen molar-refractivity contribution < 1.29 is 23.8 Å². The Morgan fingerprint density at radius 3 is 2.42 bits per heavy atom. The van der Waals surface area contributed by atoms with Gasteiger partial charge in [-0.25, -0.2) is 0 Å². The average molecular weight is 349 g/mol. The summed E-state index contributed by atoms with van der Waals surface area (Å²) >= 11 is 0. The number of nitrogens with one attached hydrogen (secondary N) is 1. The zero-order valence-corrected chi connectivity index (χ0v) is 14.2. The van der Waals surface area contributed by atoms with E-state index >= 15 is 0 Å². The van der Waals surface area contributed by atoms with Crippen molar-refractivity contribution in [2.45, 2.75) is 19.3 Å². The second-order valence-electron chi connectivity index (χ2n) is 5.76. The van der Waals surface area contributed by atoms with Crippen LogP contribution in [0, 0.1) is 6.92 Å². The first-order valence-corrected chi connectivity index (χ1v) is 9.35. The van der Waals surface area contributed by atoms with Gasteiger partial charge in [0.1, 0.15) is 19.0 Å². The first kappa shape index (κ1) is 17.0. The molecule has 0 bridgehead atoms. The van der Waals surface area contributed by atoms with Crippen molar-refractivity contribution in [1.29, 1.82) is 0 Å². The van der Waals surface area contributed by atoms with E-state index in [4.69, 9.17) is 9.47 Å². The van der Waals surface area contributed by atoms with Gasteiger partial charge in [-0.2, -0.15) is 0 Å². The molecule has 3 N–H and O–H groups in total. The molecule has 0 amide bonds. The molecule has 1 aliphatic rings. The second-order valence-corrected chi connectivity index (χ2v) is 7.46. The zero-order chi connectivity index (χ0) is 17.2. The van der Waals surface area contributed by atoms with E-state index in [1.54, 1.807) is 18.2 Å². The van der Waals surface area contributed by atoms with Crippen molar-refractivity contribution in [3.05, 3.63) is 59.2 Å². The smallest absolute Gasteiger partial charge is 0.346 e. The molecule has 6 nitrogen and oxygen atoms in total. The van der Waals surface area contributed by atoms with E-state index in [0.717, 1.165) is 11.1 Å². The van der Waals surface area contributed by atoms with Gasteiger partial charge in [0.05, 0.1) is 0 Å². The molecular weight excluding hydrogens is 329 g/mol. The van der Waals surface area contributed by atoms with E-state index in [-0.39, 0.29) is 0 Å². The van der Waals surface area contributed by atoms with Crippen LogP contribution < -0.4 is 14.8 Å². The summed E-state index contributed by atoms with van der Waals surface area (Å²) in [5.41, 5.74) is 2.56. The van der Waals surface area contributed by atoms with Crippen molar-refractivity contribution in [2.24, 2.45) is 0 Å². The number of rotatable bonds is 5. The number of ether oxygens (including phenoxy) is 2. The van der Waals surface area contributed by atoms with E-state index in [1.807, 2.05) is 31.2 Å². The summed E-state index contributed by atoms with van der Waals surface area (Å²) < 4.78 is 22.9. The Kier molecular flexibility index (Phi) is 4.92. The molecule has 0 fully saturated rings. The Morgan fingerprint density at radius 2 is 1.75 bits per heavy atom. The summed E-state index contributed by atoms with van der Waals surface area (Å²) in [5.74, 6) is -0.00281. The third-order valence-electron chi connectivity index (χ3n) is 3.84. The van der Waals surface area contributed by atoms with E-state index in [0.29, 0.717) is 36.8 Å². The van der Waals surface area contributed by atoms with E-state index in [9.17, 15) is 14.4 Å². The van der Waals surface area contributed by atoms with Gasteiger partial charge < -0.3 is 19.3 Å². The Balaban J connectivity index is 1.81. The van der Waals surface area contributed by atoms with Crippen LogP contribution in [0.3, 0.4) is 0 Å². The number of fused-ring (bicyclic) bond motifs is 1. The molecule has 1 aliphatic heterocycles. The Morgan fingerprint density at radius 1 is 1.08 bits per heavy atom. The highest BCUT2D eigenvalue weighted by atomic mass is 31.2. The summed E-state index contributed by atoms with van der Waals surface area (Å²) in [4.78, 5) is 19.5. The topological polar surface area (TPSA) is 88.0 Å². The van der Waals surface area contributed by atoms with E-state index in [1.165, 1.54) is 0 Å². The van der Waals surface area contributed by atoms with Crippen LogP contribution >= 0.6 is 7.60 Å². The lowest BCUT2D eigenvalue weighted by molar-refractivity contribution is 0.171. The monoisotopic (exact) mass is 349 g/mol. The van der Waals surface area contributed by atoms with Gasteiger partial charge >= 0.3 is 7.60 Å². The molecule has 7 heteroatoms. The van der Waals surface area contributed by atoms with Crippen LogP contribution in [-0.4, -0.2) is 23.0 Å². The van der Waals surface area contributed by atoms with Crippen LogP contribution in [0.4, 0.5) is 0 Å². The van der Waals surface area contributed by atoms with Gasteiger partial charge in [0.25, 0.3) is 0 Å². The predicted octanol–water partition coefficient (Wildman–Crippen LogP) is 2.73. The molecule has 0 unspecified atom stereocenters. The van der Waals surface area contributed by atoms with Gasteiger partial charge in [0.2, 0.25) is 0 Å². The first-order chi connectivity index (χ1) is 11.4. The SMILES string of the molecule is Cc1ccc(CN[C@H](c2ccc3c(c2)OCCO3)P(=O)(O)O)cc1. The van der Waals surface area contributed by atoms with Crippen molar-refractivity contribution in [3.8, 4) is 11.5 Å². The van der Waals surface area contributed by atoms with Crippen molar-refractivity contribution in [2.75, 3.05) is 13.2 Å². The van der Waals surface area contributed by atoms with Crippen LogP contribution in [0.1, 0.15) is 22.5 Å². The number of hydrogen-bond donors (Lipinski definition) is 3.